The van der Waals surface area contributed by atoms with Gasteiger partial charge in [0.15, 0.2) is 17.3 Å². The van der Waals surface area contributed by atoms with Crippen molar-refractivity contribution >= 4 is 15.8 Å². The quantitative estimate of drug-likeness (QED) is 0.482. The van der Waals surface area contributed by atoms with E-state index < -0.39 is 10.0 Å². The summed E-state index contributed by atoms with van der Waals surface area (Å²) in [6.45, 7) is 4.30. The van der Waals surface area contributed by atoms with E-state index in [-0.39, 0.29) is 4.90 Å². The minimum absolute atomic E-state index is 0.179. The van der Waals surface area contributed by atoms with E-state index in [0.29, 0.717) is 44.3 Å². The molecule has 180 valence electrons. The lowest BCUT2D eigenvalue weighted by Gasteiger charge is -2.34. The van der Waals surface area contributed by atoms with E-state index in [4.69, 9.17) is 14.2 Å². The Hall–Kier alpha value is -3.37. The van der Waals surface area contributed by atoms with Crippen molar-refractivity contribution in [3.63, 3.8) is 0 Å². The second-order valence-electron chi connectivity index (χ2n) is 7.64. The normalized spacial score (nSPS) is 14.6. The maximum atomic E-state index is 13.1. The average Bonchev–Trinajstić information content (AvgIpc) is 2.89. The Labute approximate surface area is 199 Å². The van der Waals surface area contributed by atoms with Crippen LogP contribution >= 0.6 is 0 Å². The summed E-state index contributed by atoms with van der Waals surface area (Å²) in [7, 11) is -0.657. The molecule has 3 aromatic rings. The number of benzene rings is 2. The van der Waals surface area contributed by atoms with Gasteiger partial charge in [0.05, 0.1) is 31.4 Å². The van der Waals surface area contributed by atoms with Crippen LogP contribution in [0.3, 0.4) is 0 Å². The Balaban J connectivity index is 1.41. The molecule has 0 aliphatic carbocycles. The summed E-state index contributed by atoms with van der Waals surface area (Å²) in [6, 6.07) is 16.2. The molecule has 9 nitrogen and oxygen atoms in total. The molecule has 1 fully saturated rings. The first kappa shape index (κ1) is 23.8. The van der Waals surface area contributed by atoms with E-state index in [1.54, 1.807) is 6.07 Å². The first-order chi connectivity index (χ1) is 16.5. The summed E-state index contributed by atoms with van der Waals surface area (Å²) in [4.78, 5) is 2.22. The van der Waals surface area contributed by atoms with Crippen molar-refractivity contribution in [1.29, 1.82) is 0 Å². The van der Waals surface area contributed by atoms with E-state index in [0.717, 1.165) is 22.8 Å². The molecule has 34 heavy (non-hydrogen) atoms. The molecule has 0 N–H and O–H groups in total. The second kappa shape index (κ2) is 10.3. The van der Waals surface area contributed by atoms with Crippen LogP contribution < -0.4 is 19.1 Å². The highest BCUT2D eigenvalue weighted by Gasteiger charge is 2.30. The Kier molecular flexibility index (Phi) is 7.18. The third-order valence-corrected chi connectivity index (χ3v) is 7.56. The molecule has 0 bridgehead atoms. The monoisotopic (exact) mass is 484 g/mol. The summed E-state index contributed by atoms with van der Waals surface area (Å²) in [5.41, 5.74) is 1.72. The summed E-state index contributed by atoms with van der Waals surface area (Å²) in [5.74, 6) is 2.40. The molecule has 2 aromatic carbocycles. The number of anilines is 1. The van der Waals surface area contributed by atoms with Crippen LogP contribution in [0.1, 0.15) is 6.92 Å². The minimum atomic E-state index is -3.65. The molecule has 1 aliphatic heterocycles. The molecule has 0 radical (unpaired) electrons. The predicted octanol–water partition coefficient (Wildman–Crippen LogP) is 3.07. The van der Waals surface area contributed by atoms with Crippen molar-refractivity contribution in [2.75, 3.05) is 51.9 Å². The fraction of sp³-hybridized carbons (Fsp3) is 0.333. The highest BCUT2D eigenvalue weighted by Crippen LogP contribution is 2.31. The van der Waals surface area contributed by atoms with Crippen molar-refractivity contribution in [2.45, 2.75) is 11.8 Å². The van der Waals surface area contributed by atoms with Gasteiger partial charge in [-0.05, 0) is 55.5 Å². The number of sulfonamides is 1. The zero-order valence-electron chi connectivity index (χ0n) is 19.5. The summed E-state index contributed by atoms with van der Waals surface area (Å²) in [5, 5.41) is 8.73. The third-order valence-electron chi connectivity index (χ3n) is 5.67. The van der Waals surface area contributed by atoms with Crippen LogP contribution in [0.2, 0.25) is 0 Å². The van der Waals surface area contributed by atoms with Crippen molar-refractivity contribution < 1.29 is 22.6 Å². The fourth-order valence-corrected chi connectivity index (χ4v) is 5.26. The van der Waals surface area contributed by atoms with Crippen LogP contribution in [0.4, 0.5) is 5.82 Å². The smallest absolute Gasteiger partial charge is 0.243 e. The van der Waals surface area contributed by atoms with Gasteiger partial charge in [0, 0.05) is 37.8 Å². The third kappa shape index (κ3) is 4.92. The van der Waals surface area contributed by atoms with Gasteiger partial charge in [0.25, 0.3) is 0 Å². The zero-order chi connectivity index (χ0) is 24.1. The van der Waals surface area contributed by atoms with Gasteiger partial charge < -0.3 is 19.1 Å². The van der Waals surface area contributed by atoms with Crippen molar-refractivity contribution in [3.8, 4) is 28.5 Å². The maximum absolute atomic E-state index is 13.1. The molecule has 2 heterocycles. The Morgan fingerprint density at radius 2 is 1.56 bits per heavy atom. The lowest BCUT2D eigenvalue weighted by atomic mass is 10.1. The number of methoxy groups -OCH3 is 2. The fourth-order valence-electron chi connectivity index (χ4n) is 3.82. The zero-order valence-corrected chi connectivity index (χ0v) is 20.3. The van der Waals surface area contributed by atoms with Crippen LogP contribution in [0.25, 0.3) is 11.3 Å². The largest absolute Gasteiger partial charge is 0.494 e. The SMILES string of the molecule is CCOc1ccc(-c2ccc(N3CCN(S(=O)(=O)c4ccc(OC)c(OC)c4)CC3)nn2)cc1. The van der Waals surface area contributed by atoms with E-state index in [1.807, 2.05) is 48.2 Å². The van der Waals surface area contributed by atoms with Gasteiger partial charge in [-0.3, -0.25) is 0 Å². The van der Waals surface area contributed by atoms with E-state index in [1.165, 1.54) is 30.7 Å². The molecule has 0 atom stereocenters. The van der Waals surface area contributed by atoms with Crippen LogP contribution in [-0.2, 0) is 10.0 Å². The highest BCUT2D eigenvalue weighted by atomic mass is 32.2. The second-order valence-corrected chi connectivity index (χ2v) is 9.58. The number of aromatic nitrogens is 2. The number of hydrogen-bond acceptors (Lipinski definition) is 8. The number of hydrogen-bond donors (Lipinski definition) is 0. The van der Waals surface area contributed by atoms with Gasteiger partial charge >= 0.3 is 0 Å². The van der Waals surface area contributed by atoms with Crippen LogP contribution in [0.15, 0.2) is 59.5 Å². The Morgan fingerprint density at radius 3 is 2.15 bits per heavy atom. The molecule has 1 saturated heterocycles. The summed E-state index contributed by atoms with van der Waals surface area (Å²) >= 11 is 0. The Bertz CT molecular complexity index is 1210. The van der Waals surface area contributed by atoms with E-state index in [2.05, 4.69) is 10.2 Å². The lowest BCUT2D eigenvalue weighted by molar-refractivity contribution is 0.340. The van der Waals surface area contributed by atoms with Gasteiger partial charge in [-0.25, -0.2) is 8.42 Å². The van der Waals surface area contributed by atoms with Gasteiger partial charge in [-0.2, -0.15) is 4.31 Å². The first-order valence-corrected chi connectivity index (χ1v) is 12.4. The molecule has 10 heteroatoms. The molecule has 0 unspecified atom stereocenters. The molecule has 0 spiro atoms. The van der Waals surface area contributed by atoms with Gasteiger partial charge in [0.1, 0.15) is 5.75 Å². The standard InChI is InChI=1S/C24H28N4O5S/c1-4-33-19-7-5-18(6-8-19)21-10-12-24(26-25-21)27-13-15-28(16-14-27)34(29,30)20-9-11-22(31-2)23(17-20)32-3/h5-12,17H,4,13-16H2,1-3H3. The number of piperazine rings is 1. The van der Waals surface area contributed by atoms with E-state index in [9.17, 15) is 8.42 Å². The summed E-state index contributed by atoms with van der Waals surface area (Å²) in [6.07, 6.45) is 0. The van der Waals surface area contributed by atoms with Crippen LogP contribution in [-0.4, -0.2) is 69.9 Å². The first-order valence-electron chi connectivity index (χ1n) is 11.0. The van der Waals surface area contributed by atoms with Crippen molar-refractivity contribution in [2.24, 2.45) is 0 Å². The topological polar surface area (TPSA) is 94.1 Å². The Morgan fingerprint density at radius 1 is 0.853 bits per heavy atom. The number of nitrogens with zero attached hydrogens (tertiary/aromatic N) is 4. The molecule has 1 aromatic heterocycles. The van der Waals surface area contributed by atoms with Crippen LogP contribution in [0, 0.1) is 0 Å². The van der Waals surface area contributed by atoms with Crippen LogP contribution in [0.5, 0.6) is 17.2 Å². The molecule has 1 aliphatic rings. The van der Waals surface area contributed by atoms with Gasteiger partial charge in [-0.15, -0.1) is 10.2 Å². The highest BCUT2D eigenvalue weighted by molar-refractivity contribution is 7.89. The molecule has 0 amide bonds. The van der Waals surface area contributed by atoms with Crippen molar-refractivity contribution in [1.82, 2.24) is 14.5 Å². The molecule has 0 saturated carbocycles. The van der Waals surface area contributed by atoms with Gasteiger partial charge in [-0.1, -0.05) is 0 Å². The molecular formula is C24H28N4O5S. The average molecular weight is 485 g/mol. The molecular weight excluding hydrogens is 456 g/mol. The van der Waals surface area contributed by atoms with Crippen molar-refractivity contribution in [3.05, 3.63) is 54.6 Å². The molecule has 4 rings (SSSR count). The number of ether oxygens (including phenoxy) is 3. The maximum Gasteiger partial charge on any atom is 0.243 e. The lowest BCUT2D eigenvalue weighted by Crippen LogP contribution is -2.49. The van der Waals surface area contributed by atoms with Gasteiger partial charge in [0.2, 0.25) is 10.0 Å². The summed E-state index contributed by atoms with van der Waals surface area (Å²) < 4.78 is 43.7. The number of rotatable bonds is 8. The van der Waals surface area contributed by atoms with E-state index >= 15 is 0 Å². The minimum Gasteiger partial charge on any atom is -0.494 e. The predicted molar refractivity (Wildman–Crippen MR) is 129 cm³/mol.